The Labute approximate surface area is 115 Å². The van der Waals surface area contributed by atoms with Crippen LogP contribution in [0.2, 0.25) is 0 Å². The number of thioether (sulfide) groups is 1. The smallest absolute Gasteiger partial charge is 0.249 e. The van der Waals surface area contributed by atoms with Gasteiger partial charge in [0, 0.05) is 6.54 Å². The Balaban J connectivity index is 1.96. The fourth-order valence-electron chi connectivity index (χ4n) is 2.37. The minimum Gasteiger partial charge on any atom is -0.334 e. The van der Waals surface area contributed by atoms with E-state index >= 15 is 0 Å². The zero-order valence-corrected chi connectivity index (χ0v) is 11.2. The van der Waals surface area contributed by atoms with Gasteiger partial charge in [-0.05, 0) is 17.9 Å². The van der Waals surface area contributed by atoms with Gasteiger partial charge in [-0.15, -0.1) is 0 Å². The van der Waals surface area contributed by atoms with Crippen LogP contribution in [0.1, 0.15) is 12.0 Å². The number of carbonyl (C=O) groups is 2. The molecular formula is C13H13N3O2S. The third-order valence-corrected chi connectivity index (χ3v) is 3.99. The van der Waals surface area contributed by atoms with Crippen molar-refractivity contribution >= 4 is 34.4 Å². The van der Waals surface area contributed by atoms with E-state index < -0.39 is 6.04 Å². The van der Waals surface area contributed by atoms with Gasteiger partial charge in [0.2, 0.25) is 11.8 Å². The lowest BCUT2D eigenvalue weighted by Gasteiger charge is -2.32. The first-order chi connectivity index (χ1) is 9.19. The van der Waals surface area contributed by atoms with E-state index in [-0.39, 0.29) is 18.2 Å². The number of benzene rings is 1. The molecule has 0 aromatic heterocycles. The molecule has 1 unspecified atom stereocenters. The van der Waals surface area contributed by atoms with Crippen molar-refractivity contribution in [3.05, 3.63) is 29.8 Å². The van der Waals surface area contributed by atoms with Gasteiger partial charge in [-0.1, -0.05) is 30.0 Å². The number of aliphatic imine (C=N–C) groups is 1. The standard InChI is InChI=1S/C13H13N3O2S/c1-19-13-14-9-5-3-2-4-8(9)7-16(13)10-6-11(17)15-12(10)18/h2-5,10H,6-7H2,1H3,(H,15,17,18). The number of fused-ring (bicyclic) bond motifs is 1. The van der Waals surface area contributed by atoms with Gasteiger partial charge in [-0.3, -0.25) is 14.9 Å². The minimum atomic E-state index is -0.438. The predicted octanol–water partition coefficient (Wildman–Crippen LogP) is 1.27. The van der Waals surface area contributed by atoms with Crippen LogP contribution in [0.4, 0.5) is 5.69 Å². The number of carbonyl (C=O) groups excluding carboxylic acids is 2. The summed E-state index contributed by atoms with van der Waals surface area (Å²) in [4.78, 5) is 29.6. The monoisotopic (exact) mass is 275 g/mol. The predicted molar refractivity (Wildman–Crippen MR) is 74.1 cm³/mol. The van der Waals surface area contributed by atoms with E-state index in [0.29, 0.717) is 6.54 Å². The zero-order chi connectivity index (χ0) is 13.4. The van der Waals surface area contributed by atoms with Crippen molar-refractivity contribution in [2.24, 2.45) is 4.99 Å². The number of amides is 2. The van der Waals surface area contributed by atoms with E-state index in [4.69, 9.17) is 0 Å². The highest BCUT2D eigenvalue weighted by atomic mass is 32.2. The average molecular weight is 275 g/mol. The first-order valence-electron chi connectivity index (χ1n) is 6.00. The van der Waals surface area contributed by atoms with Crippen molar-refractivity contribution in [2.45, 2.75) is 19.0 Å². The highest BCUT2D eigenvalue weighted by Gasteiger charge is 2.38. The lowest BCUT2D eigenvalue weighted by Crippen LogP contribution is -2.43. The van der Waals surface area contributed by atoms with Crippen LogP contribution in [0, 0.1) is 0 Å². The molecular weight excluding hydrogens is 262 g/mol. The molecule has 5 nitrogen and oxygen atoms in total. The molecule has 2 heterocycles. The molecule has 98 valence electrons. The molecule has 6 heteroatoms. The van der Waals surface area contributed by atoms with Gasteiger partial charge in [0.1, 0.15) is 6.04 Å². The van der Waals surface area contributed by atoms with Crippen LogP contribution in [0.25, 0.3) is 0 Å². The van der Waals surface area contributed by atoms with E-state index in [0.717, 1.165) is 16.4 Å². The lowest BCUT2D eigenvalue weighted by molar-refractivity contribution is -0.125. The van der Waals surface area contributed by atoms with Gasteiger partial charge >= 0.3 is 0 Å². The fraction of sp³-hybridized carbons (Fsp3) is 0.308. The van der Waals surface area contributed by atoms with Crippen molar-refractivity contribution in [1.29, 1.82) is 0 Å². The Morgan fingerprint density at radius 1 is 1.37 bits per heavy atom. The first kappa shape index (κ1) is 12.2. The molecule has 1 atom stereocenters. The lowest BCUT2D eigenvalue weighted by atomic mass is 10.1. The van der Waals surface area contributed by atoms with E-state index in [2.05, 4.69) is 10.3 Å². The van der Waals surface area contributed by atoms with Crippen LogP contribution in [0.15, 0.2) is 29.3 Å². The summed E-state index contributed by atoms with van der Waals surface area (Å²) < 4.78 is 0. The van der Waals surface area contributed by atoms with Crippen molar-refractivity contribution in [2.75, 3.05) is 6.26 Å². The number of para-hydroxylation sites is 1. The van der Waals surface area contributed by atoms with Crippen molar-refractivity contribution in [1.82, 2.24) is 10.2 Å². The summed E-state index contributed by atoms with van der Waals surface area (Å²) in [6.45, 7) is 0.612. The van der Waals surface area contributed by atoms with Gasteiger partial charge in [0.25, 0.3) is 0 Å². The molecule has 0 bridgehead atoms. The van der Waals surface area contributed by atoms with E-state index in [1.54, 1.807) is 0 Å². The second-order valence-corrected chi connectivity index (χ2v) is 5.26. The topological polar surface area (TPSA) is 61.8 Å². The summed E-state index contributed by atoms with van der Waals surface area (Å²) in [6.07, 6.45) is 2.13. The molecule has 19 heavy (non-hydrogen) atoms. The Kier molecular flexibility index (Phi) is 3.02. The van der Waals surface area contributed by atoms with Crippen LogP contribution >= 0.6 is 11.8 Å². The van der Waals surface area contributed by atoms with E-state index in [9.17, 15) is 9.59 Å². The summed E-state index contributed by atoms with van der Waals surface area (Å²) in [6, 6.07) is 7.42. The van der Waals surface area contributed by atoms with Gasteiger partial charge < -0.3 is 4.90 Å². The minimum absolute atomic E-state index is 0.209. The van der Waals surface area contributed by atoms with E-state index in [1.165, 1.54) is 11.8 Å². The second-order valence-electron chi connectivity index (χ2n) is 4.49. The van der Waals surface area contributed by atoms with E-state index in [1.807, 2.05) is 35.4 Å². The largest absolute Gasteiger partial charge is 0.334 e. The molecule has 1 saturated heterocycles. The number of hydrogen-bond donors (Lipinski definition) is 1. The first-order valence-corrected chi connectivity index (χ1v) is 7.22. The Hall–Kier alpha value is -1.82. The van der Waals surface area contributed by atoms with Crippen LogP contribution in [0.5, 0.6) is 0 Å². The van der Waals surface area contributed by atoms with Crippen molar-refractivity contribution in [3.8, 4) is 0 Å². The maximum atomic E-state index is 11.8. The molecule has 0 spiro atoms. The summed E-state index contributed by atoms with van der Waals surface area (Å²) >= 11 is 1.49. The van der Waals surface area contributed by atoms with Gasteiger partial charge in [-0.25, -0.2) is 4.99 Å². The van der Waals surface area contributed by atoms with Crippen LogP contribution < -0.4 is 5.32 Å². The molecule has 3 rings (SSSR count). The summed E-state index contributed by atoms with van der Waals surface area (Å²) in [5, 5.41) is 3.13. The van der Waals surface area contributed by atoms with Crippen LogP contribution in [-0.2, 0) is 16.1 Å². The van der Waals surface area contributed by atoms with Gasteiger partial charge in [-0.2, -0.15) is 0 Å². The molecule has 1 fully saturated rings. The number of hydrogen-bond acceptors (Lipinski definition) is 5. The Morgan fingerprint density at radius 3 is 2.84 bits per heavy atom. The summed E-state index contributed by atoms with van der Waals surface area (Å²) in [7, 11) is 0. The molecule has 2 amide bonds. The van der Waals surface area contributed by atoms with Crippen molar-refractivity contribution in [3.63, 3.8) is 0 Å². The third-order valence-electron chi connectivity index (χ3n) is 3.30. The molecule has 1 aromatic carbocycles. The fourth-order valence-corrected chi connectivity index (χ4v) is 2.99. The van der Waals surface area contributed by atoms with Gasteiger partial charge in [0.15, 0.2) is 5.17 Å². The van der Waals surface area contributed by atoms with Gasteiger partial charge in [0.05, 0.1) is 12.1 Å². The number of rotatable bonds is 1. The van der Waals surface area contributed by atoms with Crippen LogP contribution in [-0.4, -0.2) is 34.2 Å². The van der Waals surface area contributed by atoms with Crippen LogP contribution in [0.3, 0.4) is 0 Å². The summed E-state index contributed by atoms with van der Waals surface area (Å²) in [5.74, 6) is -0.444. The molecule has 0 radical (unpaired) electrons. The zero-order valence-electron chi connectivity index (χ0n) is 10.4. The molecule has 2 aliphatic heterocycles. The SMILES string of the molecule is CSC1=Nc2ccccc2CN1C1CC(=O)NC1=O. The number of nitrogens with zero attached hydrogens (tertiary/aromatic N) is 2. The summed E-state index contributed by atoms with van der Waals surface area (Å²) in [5.41, 5.74) is 2.01. The molecule has 1 N–H and O–H groups in total. The number of nitrogens with one attached hydrogen (secondary N) is 1. The van der Waals surface area contributed by atoms with Crippen molar-refractivity contribution < 1.29 is 9.59 Å². The molecule has 0 saturated carbocycles. The number of amidine groups is 1. The Bertz CT molecular complexity index is 585. The normalized spacial score (nSPS) is 22.1. The average Bonchev–Trinajstić information content (AvgIpc) is 2.76. The molecule has 0 aliphatic carbocycles. The highest BCUT2D eigenvalue weighted by molar-refractivity contribution is 8.13. The molecule has 2 aliphatic rings. The third kappa shape index (κ3) is 2.12. The molecule has 1 aromatic rings. The highest BCUT2D eigenvalue weighted by Crippen LogP contribution is 2.31. The maximum absolute atomic E-state index is 11.8. The number of imide groups is 1. The quantitative estimate of drug-likeness (QED) is 0.784. The maximum Gasteiger partial charge on any atom is 0.249 e. The second kappa shape index (κ2) is 4.70. The Morgan fingerprint density at radius 2 is 2.16 bits per heavy atom.